The number of carbonyl (C=O) groups is 3. The van der Waals surface area contributed by atoms with E-state index in [0.29, 0.717) is 18.1 Å². The maximum Gasteiger partial charge on any atom is 0.305 e. The second-order valence-corrected chi connectivity index (χ2v) is 7.93. The number of methoxy groups -OCH3 is 1. The molecule has 1 aromatic carbocycles. The van der Waals surface area contributed by atoms with Crippen molar-refractivity contribution in [1.82, 2.24) is 5.32 Å². The van der Waals surface area contributed by atoms with Gasteiger partial charge in [-0.2, -0.15) is 0 Å². The number of benzene rings is 1. The quantitative estimate of drug-likeness (QED) is 0.486. The van der Waals surface area contributed by atoms with Gasteiger partial charge < -0.3 is 15.4 Å². The molecule has 1 aromatic rings. The molecule has 0 saturated carbocycles. The average molecular weight is 406 g/mol. The summed E-state index contributed by atoms with van der Waals surface area (Å²) in [6.07, 6.45) is 2.97. The Balaban J connectivity index is 1.75. The Morgan fingerprint density at radius 1 is 1.25 bits per heavy atom. The van der Waals surface area contributed by atoms with Crippen molar-refractivity contribution in [2.24, 2.45) is 4.99 Å². The van der Waals surface area contributed by atoms with Crippen LogP contribution in [0.2, 0.25) is 0 Å². The van der Waals surface area contributed by atoms with Crippen LogP contribution in [0.3, 0.4) is 0 Å². The van der Waals surface area contributed by atoms with Gasteiger partial charge in [-0.15, -0.1) is 0 Å². The van der Waals surface area contributed by atoms with Crippen molar-refractivity contribution in [3.8, 4) is 0 Å². The van der Waals surface area contributed by atoms with E-state index in [4.69, 9.17) is 0 Å². The van der Waals surface area contributed by atoms with Crippen LogP contribution in [0.5, 0.6) is 0 Å². The highest BCUT2D eigenvalue weighted by Gasteiger charge is 2.32. The number of rotatable bonds is 9. The first-order valence-corrected chi connectivity index (χ1v) is 10.2. The molecule has 2 amide bonds. The minimum atomic E-state index is -0.469. The summed E-state index contributed by atoms with van der Waals surface area (Å²) in [5.41, 5.74) is 2.82. The number of aryl methyl sites for hydroxylation is 2. The SMILES string of the molecule is COC(=O)CCCCCN=C1NC(=O)[C@@H](CC(=O)Nc2cc(C)ccc2C)S1. The largest absolute Gasteiger partial charge is 0.469 e. The van der Waals surface area contributed by atoms with Crippen molar-refractivity contribution in [3.63, 3.8) is 0 Å². The Kier molecular flexibility index (Phi) is 8.50. The van der Waals surface area contributed by atoms with Crippen LogP contribution in [-0.4, -0.2) is 41.9 Å². The zero-order valence-electron chi connectivity index (χ0n) is 16.5. The van der Waals surface area contributed by atoms with Gasteiger partial charge in [-0.05, 0) is 43.9 Å². The van der Waals surface area contributed by atoms with Crippen molar-refractivity contribution < 1.29 is 19.1 Å². The van der Waals surface area contributed by atoms with Gasteiger partial charge in [-0.1, -0.05) is 30.3 Å². The molecule has 2 rings (SSSR count). The molecule has 2 N–H and O–H groups in total. The van der Waals surface area contributed by atoms with E-state index in [-0.39, 0.29) is 24.2 Å². The van der Waals surface area contributed by atoms with E-state index in [1.54, 1.807) is 0 Å². The molecule has 1 aliphatic rings. The molecule has 1 atom stereocenters. The summed E-state index contributed by atoms with van der Waals surface area (Å²) in [6, 6.07) is 5.86. The number of thioether (sulfide) groups is 1. The summed E-state index contributed by atoms with van der Waals surface area (Å²) < 4.78 is 4.59. The lowest BCUT2D eigenvalue weighted by molar-refractivity contribution is -0.140. The molecule has 1 saturated heterocycles. The third kappa shape index (κ3) is 6.99. The van der Waals surface area contributed by atoms with Crippen LogP contribution in [0, 0.1) is 13.8 Å². The molecule has 0 radical (unpaired) electrons. The molecular weight excluding hydrogens is 378 g/mol. The third-order valence-electron chi connectivity index (χ3n) is 4.34. The molecule has 0 bridgehead atoms. The Bertz CT molecular complexity index is 764. The maximum atomic E-state index is 12.3. The summed E-state index contributed by atoms with van der Waals surface area (Å²) in [5, 5.41) is 5.70. The normalized spacial score (nSPS) is 17.5. The number of hydrogen-bond donors (Lipinski definition) is 2. The fourth-order valence-electron chi connectivity index (χ4n) is 2.70. The molecule has 152 valence electrons. The summed E-state index contributed by atoms with van der Waals surface area (Å²) >= 11 is 1.29. The molecule has 7 nitrogen and oxygen atoms in total. The zero-order chi connectivity index (χ0) is 20.5. The summed E-state index contributed by atoms with van der Waals surface area (Å²) in [4.78, 5) is 39.8. The highest BCUT2D eigenvalue weighted by atomic mass is 32.2. The lowest BCUT2D eigenvalue weighted by Crippen LogP contribution is -2.28. The fourth-order valence-corrected chi connectivity index (χ4v) is 3.69. The van der Waals surface area contributed by atoms with E-state index in [1.165, 1.54) is 18.9 Å². The number of nitrogens with zero attached hydrogens (tertiary/aromatic N) is 1. The summed E-state index contributed by atoms with van der Waals surface area (Å²) in [6.45, 7) is 4.47. The van der Waals surface area contributed by atoms with Crippen LogP contribution in [0.25, 0.3) is 0 Å². The van der Waals surface area contributed by atoms with E-state index >= 15 is 0 Å². The average Bonchev–Trinajstić information content (AvgIpc) is 3.00. The van der Waals surface area contributed by atoms with E-state index < -0.39 is 5.25 Å². The first-order valence-electron chi connectivity index (χ1n) is 9.35. The van der Waals surface area contributed by atoms with Crippen LogP contribution >= 0.6 is 11.8 Å². The van der Waals surface area contributed by atoms with Gasteiger partial charge in [-0.3, -0.25) is 19.4 Å². The van der Waals surface area contributed by atoms with Crippen LogP contribution in [0.4, 0.5) is 5.69 Å². The van der Waals surface area contributed by atoms with Crippen molar-refractivity contribution >= 4 is 40.4 Å². The lowest BCUT2D eigenvalue weighted by Gasteiger charge is -2.10. The summed E-state index contributed by atoms with van der Waals surface area (Å²) in [7, 11) is 1.38. The fraction of sp³-hybridized carbons (Fsp3) is 0.500. The topological polar surface area (TPSA) is 96.9 Å². The van der Waals surface area contributed by atoms with Crippen LogP contribution in [0.15, 0.2) is 23.2 Å². The second-order valence-electron chi connectivity index (χ2n) is 6.74. The van der Waals surface area contributed by atoms with E-state index in [9.17, 15) is 14.4 Å². The highest BCUT2D eigenvalue weighted by Crippen LogP contribution is 2.24. The number of unbranched alkanes of at least 4 members (excludes halogenated alkanes) is 2. The Hall–Kier alpha value is -2.35. The smallest absolute Gasteiger partial charge is 0.305 e. The van der Waals surface area contributed by atoms with Gasteiger partial charge in [0.25, 0.3) is 0 Å². The molecule has 8 heteroatoms. The first-order chi connectivity index (χ1) is 13.4. The molecule has 0 aromatic heterocycles. The Labute approximate surface area is 169 Å². The van der Waals surface area contributed by atoms with Crippen molar-refractivity contribution in [2.75, 3.05) is 19.0 Å². The molecule has 0 aliphatic carbocycles. The monoisotopic (exact) mass is 405 g/mol. The predicted molar refractivity (Wildman–Crippen MR) is 111 cm³/mol. The van der Waals surface area contributed by atoms with Gasteiger partial charge in [0.1, 0.15) is 5.25 Å². The number of anilines is 1. The number of ether oxygens (including phenoxy) is 1. The number of carbonyl (C=O) groups excluding carboxylic acids is 3. The van der Waals surface area contributed by atoms with Gasteiger partial charge in [0.05, 0.1) is 7.11 Å². The molecule has 0 spiro atoms. The van der Waals surface area contributed by atoms with Crippen LogP contribution in [-0.2, 0) is 19.1 Å². The van der Waals surface area contributed by atoms with Crippen molar-refractivity contribution in [1.29, 1.82) is 0 Å². The molecule has 0 unspecified atom stereocenters. The second kappa shape index (κ2) is 10.8. The first kappa shape index (κ1) is 21.9. The summed E-state index contributed by atoms with van der Waals surface area (Å²) in [5.74, 6) is -0.581. The number of amidine groups is 1. The minimum absolute atomic E-state index is 0.0992. The van der Waals surface area contributed by atoms with Gasteiger partial charge in [-0.25, -0.2) is 0 Å². The third-order valence-corrected chi connectivity index (χ3v) is 5.46. The number of nitrogens with one attached hydrogen (secondary N) is 2. The van der Waals surface area contributed by atoms with E-state index in [0.717, 1.165) is 36.1 Å². The Morgan fingerprint density at radius 2 is 2.04 bits per heavy atom. The predicted octanol–water partition coefficient (Wildman–Crippen LogP) is 2.95. The lowest BCUT2D eigenvalue weighted by atomic mass is 10.1. The molecule has 1 fully saturated rings. The molecule has 1 aliphatic heterocycles. The van der Waals surface area contributed by atoms with Crippen molar-refractivity contribution in [2.45, 2.75) is 51.2 Å². The minimum Gasteiger partial charge on any atom is -0.469 e. The van der Waals surface area contributed by atoms with Crippen molar-refractivity contribution in [3.05, 3.63) is 29.3 Å². The number of hydrogen-bond acceptors (Lipinski definition) is 6. The molecule has 28 heavy (non-hydrogen) atoms. The van der Waals surface area contributed by atoms with Crippen LogP contribution < -0.4 is 10.6 Å². The molecular formula is C20H27N3O4S. The number of aliphatic imine (C=N–C) groups is 1. The number of amides is 2. The molecule has 1 heterocycles. The van der Waals surface area contributed by atoms with E-state index in [1.807, 2.05) is 32.0 Å². The van der Waals surface area contributed by atoms with Gasteiger partial charge in [0, 0.05) is 25.1 Å². The van der Waals surface area contributed by atoms with Crippen LogP contribution in [0.1, 0.15) is 43.2 Å². The van der Waals surface area contributed by atoms with Gasteiger partial charge in [0.15, 0.2) is 5.17 Å². The number of esters is 1. The zero-order valence-corrected chi connectivity index (χ0v) is 17.4. The Morgan fingerprint density at radius 3 is 2.79 bits per heavy atom. The van der Waals surface area contributed by atoms with Gasteiger partial charge in [0.2, 0.25) is 11.8 Å². The van der Waals surface area contributed by atoms with Gasteiger partial charge >= 0.3 is 5.97 Å². The maximum absolute atomic E-state index is 12.3. The highest BCUT2D eigenvalue weighted by molar-refractivity contribution is 8.15. The van der Waals surface area contributed by atoms with E-state index in [2.05, 4.69) is 20.4 Å². The standard InChI is InChI=1S/C20H27N3O4S/c1-13-8-9-14(2)15(11-13)22-17(24)12-16-19(26)23-20(28-16)21-10-6-4-5-7-18(25)27-3/h8-9,11,16H,4-7,10,12H2,1-3H3,(H,22,24)(H,21,23,26)/t16-/m1/s1.